The molecule has 1 heterocycles. The van der Waals surface area contributed by atoms with Gasteiger partial charge in [0, 0.05) is 56.8 Å². The molecule has 6 nitrogen and oxygen atoms in total. The Labute approximate surface area is 227 Å². The zero-order valence-corrected chi connectivity index (χ0v) is 22.2. The lowest BCUT2D eigenvalue weighted by Gasteiger charge is -2.35. The molecular formula is C30H29F2N3O3S. The number of carbonyl (C=O) groups is 1. The third kappa shape index (κ3) is 6.16. The Bertz CT molecular complexity index is 1550. The quantitative estimate of drug-likeness (QED) is 0.318. The fourth-order valence-corrected chi connectivity index (χ4v) is 6.49. The molecule has 0 saturated carbocycles. The minimum atomic E-state index is -3.66. The number of amides is 1. The molecule has 1 saturated heterocycles. The molecule has 0 unspecified atom stereocenters. The molecule has 5 rings (SSSR count). The fraction of sp³-hybridized carbons (Fsp3) is 0.233. The van der Waals surface area contributed by atoms with Crippen LogP contribution in [0.25, 0.3) is 10.8 Å². The van der Waals surface area contributed by atoms with Crippen molar-refractivity contribution >= 4 is 26.7 Å². The Kier molecular flexibility index (Phi) is 8.02. The molecule has 9 heteroatoms. The van der Waals surface area contributed by atoms with Gasteiger partial charge in [-0.05, 0) is 53.4 Å². The molecule has 0 radical (unpaired) electrons. The van der Waals surface area contributed by atoms with Gasteiger partial charge < -0.3 is 4.90 Å². The van der Waals surface area contributed by atoms with Crippen molar-refractivity contribution < 1.29 is 22.0 Å². The number of carbonyl (C=O) groups excluding carboxylic acids is 1. The second-order valence-electron chi connectivity index (χ2n) is 9.58. The van der Waals surface area contributed by atoms with Crippen molar-refractivity contribution in [3.8, 4) is 0 Å². The van der Waals surface area contributed by atoms with Crippen LogP contribution in [0.1, 0.15) is 15.9 Å². The summed E-state index contributed by atoms with van der Waals surface area (Å²) in [5.41, 5.74) is 1.14. The summed E-state index contributed by atoms with van der Waals surface area (Å²) in [7, 11) is -3.66. The first-order chi connectivity index (χ1) is 18.8. The van der Waals surface area contributed by atoms with Gasteiger partial charge in [-0.25, -0.2) is 17.2 Å². The van der Waals surface area contributed by atoms with E-state index in [2.05, 4.69) is 4.90 Å². The highest BCUT2D eigenvalue weighted by atomic mass is 32.2. The number of halogens is 2. The van der Waals surface area contributed by atoms with Crippen LogP contribution in [0.3, 0.4) is 0 Å². The molecule has 1 fully saturated rings. The number of sulfonamides is 1. The summed E-state index contributed by atoms with van der Waals surface area (Å²) < 4.78 is 55.3. The summed E-state index contributed by atoms with van der Waals surface area (Å²) in [6.45, 7) is 2.93. The first kappa shape index (κ1) is 26.9. The van der Waals surface area contributed by atoms with Crippen molar-refractivity contribution in [1.82, 2.24) is 14.1 Å². The molecule has 0 N–H and O–H groups in total. The number of fused-ring (bicyclic) bond motifs is 1. The normalized spacial score (nSPS) is 14.9. The first-order valence-electron chi connectivity index (χ1n) is 12.8. The Hall–Kier alpha value is -3.66. The average molecular weight is 550 g/mol. The third-order valence-electron chi connectivity index (χ3n) is 7.05. The molecule has 0 aromatic heterocycles. The van der Waals surface area contributed by atoms with E-state index in [1.165, 1.54) is 40.7 Å². The largest absolute Gasteiger partial charge is 0.333 e. The lowest BCUT2D eigenvalue weighted by molar-refractivity contribution is 0.0710. The molecule has 4 aromatic rings. The Morgan fingerprint density at radius 3 is 2.08 bits per heavy atom. The van der Waals surface area contributed by atoms with Crippen molar-refractivity contribution in [1.29, 1.82) is 0 Å². The van der Waals surface area contributed by atoms with E-state index in [4.69, 9.17) is 0 Å². The van der Waals surface area contributed by atoms with Crippen LogP contribution < -0.4 is 0 Å². The molecule has 0 bridgehead atoms. The third-order valence-corrected chi connectivity index (χ3v) is 9.01. The van der Waals surface area contributed by atoms with E-state index >= 15 is 0 Å². The molecule has 0 spiro atoms. The van der Waals surface area contributed by atoms with Crippen molar-refractivity contribution in [2.45, 2.75) is 11.4 Å². The summed E-state index contributed by atoms with van der Waals surface area (Å²) >= 11 is 0. The first-order valence-corrected chi connectivity index (χ1v) is 14.2. The summed E-state index contributed by atoms with van der Waals surface area (Å²) in [6.07, 6.45) is 0. The molecule has 1 aliphatic rings. The SMILES string of the molecule is O=C(c1ccc(F)cc1)N(CCN1CCN(S(=O)(=O)c2cccc3ccccc23)CC1)Cc1ccc(F)cc1. The monoisotopic (exact) mass is 549 g/mol. The van der Waals surface area contributed by atoms with Gasteiger partial charge in [-0.3, -0.25) is 9.69 Å². The Balaban J connectivity index is 1.25. The highest BCUT2D eigenvalue weighted by molar-refractivity contribution is 7.89. The smallest absolute Gasteiger partial charge is 0.254 e. The Morgan fingerprint density at radius 1 is 0.769 bits per heavy atom. The molecule has 202 valence electrons. The number of hydrogen-bond donors (Lipinski definition) is 0. The van der Waals surface area contributed by atoms with Gasteiger partial charge in [-0.15, -0.1) is 0 Å². The standard InChI is InChI=1S/C30H29F2N3O3S/c31-26-12-8-23(9-13-26)22-34(30(36)25-10-14-27(32)15-11-25)19-16-33-17-20-35(21-18-33)39(37,38)29-7-3-5-24-4-1-2-6-28(24)29/h1-15H,16-22H2. The van der Waals surface area contributed by atoms with Gasteiger partial charge in [-0.2, -0.15) is 4.31 Å². The van der Waals surface area contributed by atoms with Crippen LogP contribution in [0.2, 0.25) is 0 Å². The van der Waals surface area contributed by atoms with E-state index in [1.54, 1.807) is 29.2 Å². The molecule has 4 aromatic carbocycles. The van der Waals surface area contributed by atoms with Crippen molar-refractivity contribution in [3.05, 3.63) is 114 Å². The number of nitrogens with zero attached hydrogens (tertiary/aromatic N) is 3. The molecule has 1 amide bonds. The van der Waals surface area contributed by atoms with Crippen LogP contribution in [0.5, 0.6) is 0 Å². The summed E-state index contributed by atoms with van der Waals surface area (Å²) in [4.78, 5) is 17.4. The van der Waals surface area contributed by atoms with E-state index < -0.39 is 15.8 Å². The maximum Gasteiger partial charge on any atom is 0.254 e. The van der Waals surface area contributed by atoms with E-state index in [0.717, 1.165) is 10.9 Å². The van der Waals surface area contributed by atoms with Crippen LogP contribution in [0, 0.1) is 11.6 Å². The van der Waals surface area contributed by atoms with E-state index in [9.17, 15) is 22.0 Å². The topological polar surface area (TPSA) is 60.9 Å². The molecule has 0 atom stereocenters. The van der Waals surface area contributed by atoms with Crippen LogP contribution in [0.4, 0.5) is 8.78 Å². The molecule has 0 aliphatic carbocycles. The summed E-state index contributed by atoms with van der Waals surface area (Å²) in [5.74, 6) is -1.03. The van der Waals surface area contributed by atoms with Gasteiger partial charge in [0.25, 0.3) is 5.91 Å². The van der Waals surface area contributed by atoms with Gasteiger partial charge in [0.15, 0.2) is 0 Å². The number of benzene rings is 4. The highest BCUT2D eigenvalue weighted by Gasteiger charge is 2.30. The molecule has 1 aliphatic heterocycles. The van der Waals surface area contributed by atoms with Crippen LogP contribution in [-0.2, 0) is 16.6 Å². The number of piperazine rings is 1. The summed E-state index contributed by atoms with van der Waals surface area (Å²) in [5, 5.41) is 1.59. The minimum Gasteiger partial charge on any atom is -0.333 e. The lowest BCUT2D eigenvalue weighted by Crippen LogP contribution is -2.50. The second kappa shape index (κ2) is 11.6. The van der Waals surface area contributed by atoms with Gasteiger partial charge in [0.1, 0.15) is 11.6 Å². The van der Waals surface area contributed by atoms with Gasteiger partial charge in [0.2, 0.25) is 10.0 Å². The van der Waals surface area contributed by atoms with Crippen LogP contribution >= 0.6 is 0 Å². The zero-order chi connectivity index (χ0) is 27.4. The van der Waals surface area contributed by atoms with Gasteiger partial charge in [-0.1, -0.05) is 48.5 Å². The van der Waals surface area contributed by atoms with Gasteiger partial charge in [0.05, 0.1) is 4.90 Å². The maximum atomic E-state index is 13.5. The summed E-state index contributed by atoms with van der Waals surface area (Å²) in [6, 6.07) is 24.1. The zero-order valence-electron chi connectivity index (χ0n) is 21.3. The Morgan fingerprint density at radius 2 is 1.38 bits per heavy atom. The van der Waals surface area contributed by atoms with Crippen molar-refractivity contribution in [2.24, 2.45) is 0 Å². The van der Waals surface area contributed by atoms with Crippen LogP contribution in [-0.4, -0.2) is 67.7 Å². The number of rotatable bonds is 8. The maximum absolute atomic E-state index is 13.5. The van der Waals surface area contributed by atoms with E-state index in [-0.39, 0.29) is 18.3 Å². The molecular weight excluding hydrogens is 520 g/mol. The van der Waals surface area contributed by atoms with E-state index in [1.807, 2.05) is 30.3 Å². The lowest BCUT2D eigenvalue weighted by atomic mass is 10.1. The predicted molar refractivity (Wildman–Crippen MR) is 147 cm³/mol. The molecule has 39 heavy (non-hydrogen) atoms. The average Bonchev–Trinajstić information content (AvgIpc) is 2.96. The highest BCUT2D eigenvalue weighted by Crippen LogP contribution is 2.26. The predicted octanol–water partition coefficient (Wildman–Crippen LogP) is 4.77. The van der Waals surface area contributed by atoms with Crippen molar-refractivity contribution in [3.63, 3.8) is 0 Å². The fourth-order valence-electron chi connectivity index (χ4n) is 4.85. The second-order valence-corrected chi connectivity index (χ2v) is 11.5. The van der Waals surface area contributed by atoms with Crippen molar-refractivity contribution in [2.75, 3.05) is 39.3 Å². The number of hydrogen-bond acceptors (Lipinski definition) is 4. The minimum absolute atomic E-state index is 0.253. The van der Waals surface area contributed by atoms with Gasteiger partial charge >= 0.3 is 0 Å². The van der Waals surface area contributed by atoms with E-state index in [0.29, 0.717) is 55.1 Å². The van der Waals surface area contributed by atoms with Crippen LogP contribution in [0.15, 0.2) is 95.9 Å².